The lowest BCUT2D eigenvalue weighted by atomic mass is 9.99. The highest BCUT2D eigenvalue weighted by atomic mass is 16.6. The van der Waals surface area contributed by atoms with Gasteiger partial charge < -0.3 is 28.4 Å². The molecular weight excluding hydrogens is 360 g/mol. The summed E-state index contributed by atoms with van der Waals surface area (Å²) >= 11 is 0. The number of epoxide rings is 4. The Morgan fingerprint density at radius 3 is 1.29 bits per heavy atom. The van der Waals surface area contributed by atoms with Crippen molar-refractivity contribution in [1.29, 1.82) is 0 Å². The minimum absolute atomic E-state index is 0.0468. The molecule has 0 aromatic rings. The van der Waals surface area contributed by atoms with Gasteiger partial charge in [-0.05, 0) is 12.8 Å². The summed E-state index contributed by atoms with van der Waals surface area (Å²) in [4.78, 5) is 0. The minimum atomic E-state index is 0.0468. The van der Waals surface area contributed by atoms with E-state index in [4.69, 9.17) is 28.4 Å². The Morgan fingerprint density at radius 2 is 0.964 bits per heavy atom. The summed E-state index contributed by atoms with van der Waals surface area (Å²) in [5.41, 5.74) is 0.0935. The topological polar surface area (TPSA) is 68.6 Å². The van der Waals surface area contributed by atoms with E-state index < -0.39 is 0 Å². The standard InChI is InChI=1S/C22H38O6/c1(3-5-7-9-21(17-27-21)15-23-11-19-13-25-19)2-4-6-8-10-22(18-28-22)16-24-12-20-14-26-20/h19-20H,1-18H2. The zero-order valence-electron chi connectivity index (χ0n) is 17.3. The predicted octanol–water partition coefficient (Wildman–Crippen LogP) is 3.26. The SMILES string of the molecule is C(CCCCCC1(COCC2CO2)CO1)CCCCC1(COCC2CO2)CO1. The second-order valence-electron chi connectivity index (χ2n) is 9.21. The number of hydrogen-bond acceptors (Lipinski definition) is 6. The van der Waals surface area contributed by atoms with Crippen molar-refractivity contribution in [1.82, 2.24) is 0 Å². The van der Waals surface area contributed by atoms with Crippen molar-refractivity contribution < 1.29 is 28.4 Å². The Bertz CT molecular complexity index is 412. The number of unbranched alkanes of at least 4 members (excludes halogenated alkanes) is 7. The van der Waals surface area contributed by atoms with Crippen molar-refractivity contribution >= 4 is 0 Å². The first-order valence-electron chi connectivity index (χ1n) is 11.4. The van der Waals surface area contributed by atoms with Gasteiger partial charge in [-0.2, -0.15) is 0 Å². The quantitative estimate of drug-likeness (QED) is 0.246. The molecule has 28 heavy (non-hydrogen) atoms. The van der Waals surface area contributed by atoms with Gasteiger partial charge in [-0.1, -0.05) is 51.4 Å². The summed E-state index contributed by atoms with van der Waals surface area (Å²) in [6.07, 6.45) is 13.6. The molecule has 0 aliphatic carbocycles. The molecule has 0 N–H and O–H groups in total. The average Bonchev–Trinajstić information content (AvgIpc) is 3.52. The summed E-state index contributed by atoms with van der Waals surface area (Å²) in [5.74, 6) is 0. The van der Waals surface area contributed by atoms with E-state index in [1.165, 1.54) is 51.4 Å². The van der Waals surface area contributed by atoms with E-state index in [1.807, 2.05) is 0 Å². The fourth-order valence-corrected chi connectivity index (χ4v) is 3.84. The Labute approximate surface area is 169 Å². The van der Waals surface area contributed by atoms with Gasteiger partial charge in [-0.25, -0.2) is 0 Å². The summed E-state index contributed by atoms with van der Waals surface area (Å²) < 4.78 is 33.1. The lowest BCUT2D eigenvalue weighted by molar-refractivity contribution is 0.0636. The van der Waals surface area contributed by atoms with Crippen molar-refractivity contribution in [2.75, 3.05) is 52.9 Å². The smallest absolute Gasteiger partial charge is 0.115 e. The van der Waals surface area contributed by atoms with E-state index in [0.29, 0.717) is 12.2 Å². The Hall–Kier alpha value is -0.240. The van der Waals surface area contributed by atoms with Crippen LogP contribution in [-0.4, -0.2) is 76.3 Å². The van der Waals surface area contributed by atoms with Gasteiger partial charge in [-0.15, -0.1) is 0 Å². The van der Waals surface area contributed by atoms with Gasteiger partial charge in [-0.3, -0.25) is 0 Å². The molecule has 6 nitrogen and oxygen atoms in total. The Balaban J connectivity index is 0.900. The predicted molar refractivity (Wildman–Crippen MR) is 105 cm³/mol. The van der Waals surface area contributed by atoms with Crippen LogP contribution < -0.4 is 0 Å². The molecule has 0 amide bonds. The van der Waals surface area contributed by atoms with Gasteiger partial charge >= 0.3 is 0 Å². The molecule has 4 aliphatic heterocycles. The van der Waals surface area contributed by atoms with Crippen LogP contribution in [0.3, 0.4) is 0 Å². The Kier molecular flexibility index (Phi) is 7.64. The molecule has 0 spiro atoms. The first-order chi connectivity index (χ1) is 13.8. The van der Waals surface area contributed by atoms with E-state index in [-0.39, 0.29) is 11.2 Å². The maximum atomic E-state index is 5.71. The normalized spacial score (nSPS) is 35.1. The molecule has 0 aromatic heterocycles. The van der Waals surface area contributed by atoms with Gasteiger partial charge in [0.25, 0.3) is 0 Å². The lowest BCUT2D eigenvalue weighted by Crippen LogP contribution is -2.21. The van der Waals surface area contributed by atoms with Crippen LogP contribution in [0, 0.1) is 0 Å². The number of ether oxygens (including phenoxy) is 6. The zero-order valence-corrected chi connectivity index (χ0v) is 17.3. The third kappa shape index (κ3) is 7.88. The molecule has 4 unspecified atom stereocenters. The van der Waals surface area contributed by atoms with E-state index in [9.17, 15) is 0 Å². The molecular formula is C22H38O6. The molecule has 0 aromatic carbocycles. The van der Waals surface area contributed by atoms with Crippen molar-refractivity contribution in [3.8, 4) is 0 Å². The van der Waals surface area contributed by atoms with Gasteiger partial charge in [0.2, 0.25) is 0 Å². The number of hydrogen-bond donors (Lipinski definition) is 0. The van der Waals surface area contributed by atoms with Crippen molar-refractivity contribution in [3.63, 3.8) is 0 Å². The molecule has 162 valence electrons. The maximum absolute atomic E-state index is 5.71. The highest BCUT2D eigenvalue weighted by Gasteiger charge is 2.45. The molecule has 4 rings (SSSR count). The summed E-state index contributed by atoms with van der Waals surface area (Å²) in [6, 6.07) is 0. The highest BCUT2D eigenvalue weighted by Crippen LogP contribution is 2.34. The van der Waals surface area contributed by atoms with Crippen LogP contribution in [0.2, 0.25) is 0 Å². The van der Waals surface area contributed by atoms with E-state index in [1.54, 1.807) is 0 Å². The van der Waals surface area contributed by atoms with E-state index in [0.717, 1.165) is 65.7 Å². The maximum Gasteiger partial charge on any atom is 0.115 e. The third-order valence-corrected chi connectivity index (χ3v) is 6.26. The van der Waals surface area contributed by atoms with Crippen LogP contribution in [0.5, 0.6) is 0 Å². The van der Waals surface area contributed by atoms with Crippen LogP contribution >= 0.6 is 0 Å². The minimum Gasteiger partial charge on any atom is -0.376 e. The second-order valence-corrected chi connectivity index (χ2v) is 9.21. The molecule has 4 saturated heterocycles. The first kappa shape index (κ1) is 21.0. The van der Waals surface area contributed by atoms with Crippen LogP contribution in [0.25, 0.3) is 0 Å². The molecule has 6 heteroatoms. The largest absolute Gasteiger partial charge is 0.376 e. The Morgan fingerprint density at radius 1 is 0.607 bits per heavy atom. The molecule has 4 heterocycles. The average molecular weight is 399 g/mol. The number of rotatable bonds is 19. The molecule has 4 fully saturated rings. The zero-order chi connectivity index (χ0) is 19.1. The molecule has 0 bridgehead atoms. The molecule has 0 saturated carbocycles. The fourth-order valence-electron chi connectivity index (χ4n) is 3.84. The van der Waals surface area contributed by atoms with Crippen LogP contribution in [0.15, 0.2) is 0 Å². The molecule has 4 aliphatic rings. The molecule has 4 atom stereocenters. The third-order valence-electron chi connectivity index (χ3n) is 6.26. The van der Waals surface area contributed by atoms with Gasteiger partial charge in [0.05, 0.1) is 52.9 Å². The summed E-state index contributed by atoms with van der Waals surface area (Å²) in [6.45, 7) is 6.46. The van der Waals surface area contributed by atoms with Gasteiger partial charge in [0.1, 0.15) is 23.4 Å². The van der Waals surface area contributed by atoms with Crippen LogP contribution in [0.1, 0.15) is 64.2 Å². The summed E-state index contributed by atoms with van der Waals surface area (Å²) in [7, 11) is 0. The van der Waals surface area contributed by atoms with Gasteiger partial charge in [0.15, 0.2) is 0 Å². The lowest BCUT2D eigenvalue weighted by Gasteiger charge is -2.12. The fraction of sp³-hybridized carbons (Fsp3) is 1.00. The van der Waals surface area contributed by atoms with E-state index in [2.05, 4.69) is 0 Å². The molecule has 0 radical (unpaired) electrons. The highest BCUT2D eigenvalue weighted by molar-refractivity contribution is 4.93. The van der Waals surface area contributed by atoms with Crippen molar-refractivity contribution in [2.45, 2.75) is 87.6 Å². The van der Waals surface area contributed by atoms with Crippen molar-refractivity contribution in [3.05, 3.63) is 0 Å². The summed E-state index contributed by atoms with van der Waals surface area (Å²) in [5, 5.41) is 0. The van der Waals surface area contributed by atoms with Crippen molar-refractivity contribution in [2.24, 2.45) is 0 Å². The van der Waals surface area contributed by atoms with Crippen LogP contribution in [-0.2, 0) is 28.4 Å². The second kappa shape index (κ2) is 10.2. The van der Waals surface area contributed by atoms with E-state index >= 15 is 0 Å². The van der Waals surface area contributed by atoms with Gasteiger partial charge in [0, 0.05) is 0 Å². The van der Waals surface area contributed by atoms with Crippen LogP contribution in [0.4, 0.5) is 0 Å². The monoisotopic (exact) mass is 398 g/mol. The first-order valence-corrected chi connectivity index (χ1v) is 11.4.